The molecule has 4 nitrogen and oxygen atoms in total. The number of pyridine rings is 1. The van der Waals surface area contributed by atoms with E-state index in [9.17, 15) is 18.0 Å². The van der Waals surface area contributed by atoms with Gasteiger partial charge in [-0.3, -0.25) is 9.78 Å². The van der Waals surface area contributed by atoms with Crippen molar-refractivity contribution >= 4 is 5.91 Å². The molecule has 2 fully saturated rings. The van der Waals surface area contributed by atoms with E-state index in [-0.39, 0.29) is 18.5 Å². The maximum Gasteiger partial charge on any atom is 0.417 e. The first-order valence-electron chi connectivity index (χ1n) is 13.5. The Kier molecular flexibility index (Phi) is 6.50. The standard InChI is InChI=1S/C31H32F3N3O/c32-31(33,34)26-15-24-20-37(14-12-28(24)36-19-26)29(38)30-13-4-7-25(30)16-27(17-30)35-18-21-8-10-23(11-9-21)22-5-2-1-3-6-22/h1-3,5-6,8-11,15,19,25,27,35H,4,7,12-14,16-18,20H2. The third-order valence-corrected chi connectivity index (χ3v) is 8.87. The number of rotatable bonds is 5. The molecule has 3 unspecified atom stereocenters. The van der Waals surface area contributed by atoms with Crippen molar-refractivity contribution in [2.75, 3.05) is 6.54 Å². The zero-order valence-corrected chi connectivity index (χ0v) is 21.3. The average Bonchev–Trinajstić information content (AvgIpc) is 3.49. The minimum atomic E-state index is -4.43. The van der Waals surface area contributed by atoms with Crippen LogP contribution in [0.25, 0.3) is 11.1 Å². The fraction of sp³-hybridized carbons (Fsp3) is 0.419. The van der Waals surface area contributed by atoms with Crippen molar-refractivity contribution in [1.29, 1.82) is 0 Å². The Labute approximate surface area is 221 Å². The van der Waals surface area contributed by atoms with Crippen LogP contribution in [-0.4, -0.2) is 28.4 Å². The number of benzene rings is 2. The van der Waals surface area contributed by atoms with Gasteiger partial charge in [0.2, 0.25) is 5.91 Å². The van der Waals surface area contributed by atoms with Crippen LogP contribution >= 0.6 is 0 Å². The molecule has 0 saturated heterocycles. The Balaban J connectivity index is 1.11. The lowest BCUT2D eigenvalue weighted by Crippen LogP contribution is -2.46. The minimum absolute atomic E-state index is 0.125. The van der Waals surface area contributed by atoms with Crippen molar-refractivity contribution in [3.05, 3.63) is 89.2 Å². The van der Waals surface area contributed by atoms with Gasteiger partial charge in [0.1, 0.15) is 0 Å². The highest BCUT2D eigenvalue weighted by Gasteiger charge is 2.56. The molecule has 6 rings (SSSR count). The van der Waals surface area contributed by atoms with Crippen LogP contribution < -0.4 is 5.32 Å². The van der Waals surface area contributed by atoms with Crippen molar-refractivity contribution in [2.45, 2.75) is 63.8 Å². The third-order valence-electron chi connectivity index (χ3n) is 8.87. The molecule has 0 radical (unpaired) electrons. The van der Waals surface area contributed by atoms with Crippen LogP contribution in [0.5, 0.6) is 0 Å². The van der Waals surface area contributed by atoms with Crippen LogP contribution in [0.4, 0.5) is 13.2 Å². The van der Waals surface area contributed by atoms with Crippen LogP contribution in [0, 0.1) is 11.3 Å². The Morgan fingerprint density at radius 3 is 2.61 bits per heavy atom. The molecule has 1 amide bonds. The average molecular weight is 520 g/mol. The second-order valence-electron chi connectivity index (χ2n) is 11.1. The first-order valence-corrected chi connectivity index (χ1v) is 13.5. The highest BCUT2D eigenvalue weighted by atomic mass is 19.4. The molecular formula is C31H32F3N3O. The van der Waals surface area contributed by atoms with E-state index in [0.29, 0.717) is 30.1 Å². The molecule has 198 valence electrons. The summed E-state index contributed by atoms with van der Waals surface area (Å²) in [6.45, 7) is 1.48. The number of alkyl halides is 3. The second kappa shape index (κ2) is 9.84. The van der Waals surface area contributed by atoms with Gasteiger partial charge in [-0.2, -0.15) is 13.2 Å². The number of halogens is 3. The van der Waals surface area contributed by atoms with Crippen molar-refractivity contribution in [3.8, 4) is 11.1 Å². The SMILES string of the molecule is O=C(N1CCc2ncc(C(F)(F)F)cc2C1)C12CCCC1CC(NCc1ccc(-c3ccccc3)cc1)C2. The molecule has 1 aliphatic heterocycles. The van der Waals surface area contributed by atoms with Gasteiger partial charge in [-0.1, -0.05) is 61.0 Å². The van der Waals surface area contributed by atoms with E-state index in [2.05, 4.69) is 46.7 Å². The van der Waals surface area contributed by atoms with Crippen LogP contribution in [0.2, 0.25) is 0 Å². The molecule has 0 bridgehead atoms. The molecule has 7 heteroatoms. The highest BCUT2D eigenvalue weighted by Crippen LogP contribution is 2.55. The number of carbonyl (C=O) groups excluding carboxylic acids is 1. The van der Waals surface area contributed by atoms with Crippen LogP contribution in [0.15, 0.2) is 66.9 Å². The number of carbonyl (C=O) groups is 1. The molecule has 2 saturated carbocycles. The lowest BCUT2D eigenvalue weighted by molar-refractivity contribution is -0.144. The second-order valence-corrected chi connectivity index (χ2v) is 11.1. The fourth-order valence-electron chi connectivity index (χ4n) is 6.92. The molecule has 3 aromatic rings. The predicted molar refractivity (Wildman–Crippen MR) is 140 cm³/mol. The minimum Gasteiger partial charge on any atom is -0.337 e. The summed E-state index contributed by atoms with van der Waals surface area (Å²) in [5.41, 5.74) is 3.65. The van der Waals surface area contributed by atoms with Crippen molar-refractivity contribution in [3.63, 3.8) is 0 Å². The molecule has 0 spiro atoms. The van der Waals surface area contributed by atoms with E-state index in [1.54, 1.807) is 4.90 Å². The van der Waals surface area contributed by atoms with Crippen molar-refractivity contribution in [2.24, 2.45) is 11.3 Å². The largest absolute Gasteiger partial charge is 0.417 e. The molecule has 3 aliphatic rings. The number of fused-ring (bicyclic) bond motifs is 2. The molecule has 1 aromatic heterocycles. The van der Waals surface area contributed by atoms with E-state index in [0.717, 1.165) is 44.8 Å². The van der Waals surface area contributed by atoms with E-state index < -0.39 is 17.2 Å². The first-order chi connectivity index (χ1) is 18.3. The van der Waals surface area contributed by atoms with Crippen molar-refractivity contribution < 1.29 is 18.0 Å². The molecule has 1 N–H and O–H groups in total. The fourth-order valence-corrected chi connectivity index (χ4v) is 6.92. The maximum absolute atomic E-state index is 13.9. The third kappa shape index (κ3) is 4.73. The highest BCUT2D eigenvalue weighted by molar-refractivity contribution is 5.84. The Bertz CT molecular complexity index is 1310. The van der Waals surface area contributed by atoms with Gasteiger partial charge in [-0.05, 0) is 59.9 Å². The zero-order chi connectivity index (χ0) is 26.3. The summed E-state index contributed by atoms with van der Waals surface area (Å²) in [4.78, 5) is 19.8. The number of hydrogen-bond acceptors (Lipinski definition) is 3. The topological polar surface area (TPSA) is 45.2 Å². The molecule has 3 atom stereocenters. The Hall–Kier alpha value is -3.19. The van der Waals surface area contributed by atoms with Crippen LogP contribution in [-0.2, 0) is 30.5 Å². The van der Waals surface area contributed by atoms with Gasteiger partial charge in [-0.25, -0.2) is 0 Å². The monoisotopic (exact) mass is 519 g/mol. The van der Waals surface area contributed by atoms with Gasteiger partial charge in [-0.15, -0.1) is 0 Å². The molecule has 2 aromatic carbocycles. The molecular weight excluding hydrogens is 487 g/mol. The van der Waals surface area contributed by atoms with Crippen LogP contribution in [0.3, 0.4) is 0 Å². The Morgan fingerprint density at radius 1 is 1.08 bits per heavy atom. The van der Waals surface area contributed by atoms with Crippen LogP contribution in [0.1, 0.15) is 54.5 Å². The van der Waals surface area contributed by atoms with E-state index in [1.807, 2.05) is 18.2 Å². The van der Waals surface area contributed by atoms with Crippen molar-refractivity contribution in [1.82, 2.24) is 15.2 Å². The van der Waals surface area contributed by atoms with Gasteiger partial charge >= 0.3 is 6.18 Å². The number of nitrogens with zero attached hydrogens (tertiary/aromatic N) is 2. The summed E-state index contributed by atoms with van der Waals surface area (Å²) in [6, 6.07) is 20.3. The quantitative estimate of drug-likeness (QED) is 0.425. The normalized spacial score (nSPS) is 24.8. The summed E-state index contributed by atoms with van der Waals surface area (Å²) < 4.78 is 39.7. The van der Waals surface area contributed by atoms with Gasteiger partial charge in [0.25, 0.3) is 0 Å². The number of nitrogens with one attached hydrogen (secondary N) is 1. The number of hydrogen-bond donors (Lipinski definition) is 1. The lowest BCUT2D eigenvalue weighted by Gasteiger charge is -2.37. The summed E-state index contributed by atoms with van der Waals surface area (Å²) in [6.07, 6.45) is 1.68. The molecule has 2 heterocycles. The van der Waals surface area contributed by atoms with Gasteiger partial charge in [0.05, 0.1) is 11.0 Å². The zero-order valence-electron chi connectivity index (χ0n) is 21.3. The summed E-state index contributed by atoms with van der Waals surface area (Å²) in [7, 11) is 0. The number of amides is 1. The van der Waals surface area contributed by atoms with Gasteiger partial charge < -0.3 is 10.2 Å². The van der Waals surface area contributed by atoms with Gasteiger partial charge in [0.15, 0.2) is 0 Å². The summed E-state index contributed by atoms with van der Waals surface area (Å²) in [5.74, 6) is 0.452. The Morgan fingerprint density at radius 2 is 1.84 bits per heavy atom. The van der Waals surface area contributed by atoms with Gasteiger partial charge in [0, 0.05) is 44.0 Å². The summed E-state index contributed by atoms with van der Waals surface area (Å²) in [5, 5.41) is 3.70. The summed E-state index contributed by atoms with van der Waals surface area (Å²) >= 11 is 0. The van der Waals surface area contributed by atoms with E-state index in [1.165, 1.54) is 22.8 Å². The number of aromatic nitrogens is 1. The van der Waals surface area contributed by atoms with E-state index >= 15 is 0 Å². The predicted octanol–water partition coefficient (Wildman–Crippen LogP) is 6.39. The molecule has 2 aliphatic carbocycles. The molecule has 38 heavy (non-hydrogen) atoms. The first kappa shape index (κ1) is 25.1. The smallest absolute Gasteiger partial charge is 0.337 e. The lowest BCUT2D eigenvalue weighted by atomic mass is 9.78. The van der Waals surface area contributed by atoms with E-state index in [4.69, 9.17) is 0 Å². The maximum atomic E-state index is 13.9.